The van der Waals surface area contributed by atoms with Crippen LogP contribution in [0.5, 0.6) is 0 Å². The van der Waals surface area contributed by atoms with Gasteiger partial charge in [0, 0.05) is 9.77 Å². The molecular formula is C12H9IN2. The molecule has 2 nitrogen and oxygen atoms in total. The van der Waals surface area contributed by atoms with E-state index in [0.29, 0.717) is 0 Å². The summed E-state index contributed by atoms with van der Waals surface area (Å²) in [4.78, 5) is 8.55. The van der Waals surface area contributed by atoms with Gasteiger partial charge in [0.1, 0.15) is 0 Å². The number of rotatable bonds is 2. The first kappa shape index (κ1) is 10.3. The highest BCUT2D eigenvalue weighted by Crippen LogP contribution is 2.19. The highest BCUT2D eigenvalue weighted by molar-refractivity contribution is 14.1. The van der Waals surface area contributed by atoms with Crippen molar-refractivity contribution in [1.29, 1.82) is 0 Å². The number of halogens is 1. The summed E-state index contributed by atoms with van der Waals surface area (Å²) in [6, 6.07) is 13.8. The molecule has 0 bridgehead atoms. The van der Waals surface area contributed by atoms with Gasteiger partial charge in [-0.05, 0) is 46.9 Å². The van der Waals surface area contributed by atoms with Crippen molar-refractivity contribution in [1.82, 2.24) is 4.98 Å². The molecule has 0 aliphatic carbocycles. The number of pyridine rings is 1. The Balaban J connectivity index is 2.23. The minimum atomic E-state index is 0.872. The zero-order valence-electron chi connectivity index (χ0n) is 7.97. The van der Waals surface area contributed by atoms with Crippen molar-refractivity contribution < 1.29 is 0 Å². The second-order valence-corrected chi connectivity index (χ2v) is 4.13. The molecular weight excluding hydrogens is 299 g/mol. The van der Waals surface area contributed by atoms with Gasteiger partial charge in [0.05, 0.1) is 17.6 Å². The summed E-state index contributed by atoms with van der Waals surface area (Å²) in [5, 5.41) is 0. The van der Waals surface area contributed by atoms with Crippen LogP contribution >= 0.6 is 22.6 Å². The van der Waals surface area contributed by atoms with Crippen LogP contribution in [0.3, 0.4) is 0 Å². The Morgan fingerprint density at radius 1 is 1.07 bits per heavy atom. The fraction of sp³-hybridized carbons (Fsp3) is 0. The molecule has 1 aromatic carbocycles. The highest BCUT2D eigenvalue weighted by atomic mass is 127. The van der Waals surface area contributed by atoms with Crippen LogP contribution in [0.1, 0.15) is 5.69 Å². The van der Waals surface area contributed by atoms with Gasteiger partial charge in [-0.1, -0.05) is 18.2 Å². The van der Waals surface area contributed by atoms with E-state index in [2.05, 4.69) is 32.6 Å². The number of aromatic nitrogens is 1. The lowest BCUT2D eigenvalue weighted by Gasteiger charge is -1.96. The van der Waals surface area contributed by atoms with Crippen LogP contribution in [0.4, 0.5) is 5.69 Å². The smallest absolute Gasteiger partial charge is 0.0812 e. The minimum absolute atomic E-state index is 0.872. The summed E-state index contributed by atoms with van der Waals surface area (Å²) in [7, 11) is 0. The fourth-order valence-electron chi connectivity index (χ4n) is 1.14. The maximum atomic E-state index is 4.38. The van der Waals surface area contributed by atoms with Gasteiger partial charge >= 0.3 is 0 Å². The summed E-state index contributed by atoms with van der Waals surface area (Å²) in [6.07, 6.45) is 3.54. The van der Waals surface area contributed by atoms with Gasteiger partial charge < -0.3 is 0 Å². The standard InChI is InChI=1S/C12H9IN2/c13-11-6-1-2-7-12(11)15-9-10-5-3-4-8-14-10/h1-9H. The van der Waals surface area contributed by atoms with Crippen molar-refractivity contribution in [2.75, 3.05) is 0 Å². The average molecular weight is 308 g/mol. The van der Waals surface area contributed by atoms with Gasteiger partial charge in [-0.25, -0.2) is 0 Å². The lowest BCUT2D eigenvalue weighted by Crippen LogP contribution is -1.84. The van der Waals surface area contributed by atoms with Gasteiger partial charge in [0.15, 0.2) is 0 Å². The molecule has 0 spiro atoms. The zero-order chi connectivity index (χ0) is 10.5. The number of hydrogen-bond donors (Lipinski definition) is 0. The molecule has 0 unspecified atom stereocenters. The van der Waals surface area contributed by atoms with Crippen LogP contribution in [0.25, 0.3) is 0 Å². The Morgan fingerprint density at radius 3 is 2.60 bits per heavy atom. The van der Waals surface area contributed by atoms with Gasteiger partial charge in [-0.3, -0.25) is 9.98 Å². The molecule has 0 radical (unpaired) electrons. The summed E-state index contributed by atoms with van der Waals surface area (Å²) in [5.74, 6) is 0. The zero-order valence-corrected chi connectivity index (χ0v) is 10.1. The number of hydrogen-bond acceptors (Lipinski definition) is 2. The third-order valence-corrected chi connectivity index (χ3v) is 2.79. The summed E-state index contributed by atoms with van der Waals surface area (Å²) in [6.45, 7) is 0. The van der Waals surface area contributed by atoms with E-state index < -0.39 is 0 Å². The minimum Gasteiger partial charge on any atom is -0.255 e. The van der Waals surface area contributed by atoms with E-state index in [1.165, 1.54) is 0 Å². The summed E-state index contributed by atoms with van der Waals surface area (Å²) >= 11 is 2.27. The highest BCUT2D eigenvalue weighted by Gasteiger charge is 1.93. The number of benzene rings is 1. The molecule has 0 fully saturated rings. The Bertz CT molecular complexity index is 466. The van der Waals surface area contributed by atoms with Crippen molar-refractivity contribution in [3.05, 3.63) is 57.9 Å². The Hall–Kier alpha value is -1.23. The molecule has 74 valence electrons. The molecule has 0 amide bonds. The lowest BCUT2D eigenvalue weighted by molar-refractivity contribution is 1.30. The average Bonchev–Trinajstić information content (AvgIpc) is 2.29. The van der Waals surface area contributed by atoms with Crippen LogP contribution in [0, 0.1) is 3.57 Å². The van der Waals surface area contributed by atoms with E-state index in [9.17, 15) is 0 Å². The molecule has 0 saturated carbocycles. The van der Waals surface area contributed by atoms with E-state index in [1.807, 2.05) is 42.5 Å². The predicted octanol–water partition coefficient (Wildman–Crippen LogP) is 3.44. The third kappa shape index (κ3) is 2.86. The first-order valence-corrected chi connectivity index (χ1v) is 5.64. The lowest BCUT2D eigenvalue weighted by atomic mass is 10.3. The van der Waals surface area contributed by atoms with Gasteiger partial charge in [0.2, 0.25) is 0 Å². The summed E-state index contributed by atoms with van der Waals surface area (Å²) < 4.78 is 1.14. The van der Waals surface area contributed by atoms with Crippen molar-refractivity contribution >= 4 is 34.5 Å². The number of aliphatic imine (C=N–C) groups is 1. The molecule has 0 N–H and O–H groups in total. The number of para-hydroxylation sites is 1. The van der Waals surface area contributed by atoms with Crippen LogP contribution in [-0.2, 0) is 0 Å². The SMILES string of the molecule is Ic1ccccc1N=Cc1ccccn1. The first-order chi connectivity index (χ1) is 7.36. The largest absolute Gasteiger partial charge is 0.255 e. The van der Waals surface area contributed by atoms with E-state index in [4.69, 9.17) is 0 Å². The van der Waals surface area contributed by atoms with E-state index in [1.54, 1.807) is 12.4 Å². The Labute approximate surface area is 102 Å². The van der Waals surface area contributed by atoms with Crippen molar-refractivity contribution in [3.63, 3.8) is 0 Å². The number of nitrogens with zero attached hydrogens (tertiary/aromatic N) is 2. The maximum absolute atomic E-state index is 4.38. The first-order valence-electron chi connectivity index (χ1n) is 4.56. The molecule has 1 aromatic heterocycles. The topological polar surface area (TPSA) is 25.2 Å². The molecule has 2 aromatic rings. The molecule has 0 aliphatic rings. The quantitative estimate of drug-likeness (QED) is 0.616. The second kappa shape index (κ2) is 5.02. The van der Waals surface area contributed by atoms with E-state index in [-0.39, 0.29) is 0 Å². The monoisotopic (exact) mass is 308 g/mol. The van der Waals surface area contributed by atoms with Gasteiger partial charge in [-0.2, -0.15) is 0 Å². The van der Waals surface area contributed by atoms with Crippen molar-refractivity contribution in [3.8, 4) is 0 Å². The molecule has 3 heteroatoms. The van der Waals surface area contributed by atoms with Crippen molar-refractivity contribution in [2.24, 2.45) is 4.99 Å². The Kier molecular flexibility index (Phi) is 3.45. The van der Waals surface area contributed by atoms with E-state index in [0.717, 1.165) is 15.0 Å². The Morgan fingerprint density at radius 2 is 1.87 bits per heavy atom. The van der Waals surface area contributed by atoms with Gasteiger partial charge in [-0.15, -0.1) is 0 Å². The molecule has 2 rings (SSSR count). The van der Waals surface area contributed by atoms with Crippen LogP contribution < -0.4 is 0 Å². The normalized spacial score (nSPS) is 10.7. The van der Waals surface area contributed by atoms with Crippen molar-refractivity contribution in [2.45, 2.75) is 0 Å². The molecule has 1 heterocycles. The molecule has 0 aliphatic heterocycles. The molecule has 0 atom stereocenters. The van der Waals surface area contributed by atoms with Crippen LogP contribution in [0.15, 0.2) is 53.7 Å². The second-order valence-electron chi connectivity index (χ2n) is 2.96. The molecule has 0 saturated heterocycles. The third-order valence-electron chi connectivity index (χ3n) is 1.88. The van der Waals surface area contributed by atoms with E-state index >= 15 is 0 Å². The molecule has 15 heavy (non-hydrogen) atoms. The van der Waals surface area contributed by atoms with Crippen LogP contribution in [-0.4, -0.2) is 11.2 Å². The van der Waals surface area contributed by atoms with Gasteiger partial charge in [0.25, 0.3) is 0 Å². The fourth-order valence-corrected chi connectivity index (χ4v) is 1.67. The predicted molar refractivity (Wildman–Crippen MR) is 70.7 cm³/mol. The summed E-state index contributed by atoms with van der Waals surface area (Å²) in [5.41, 5.74) is 1.85. The van der Waals surface area contributed by atoms with Crippen LogP contribution in [0.2, 0.25) is 0 Å². The maximum Gasteiger partial charge on any atom is 0.0812 e.